The van der Waals surface area contributed by atoms with E-state index in [4.69, 9.17) is 13.9 Å². The number of ether oxygens (including phenoxy) is 2. The standard InChI is InChI=1S/C55H42BN3O3/c1-33-14-22-37(23-15-33)58(38-24-16-34(2)17-25-38)41-30-48-51-49(31-41)61-54-44(56(51)55-53(60-48)43-11-7-9-13-47(43)62-55)32-46(50-42-10-6-8-12-45(42)57(5)52(50)54)59(39-26-18-35(3)19-27-39)40-28-20-36(4)21-29-40/h6-32H,1-5H3. The largest absolute Gasteiger partial charge is 0.466 e. The van der Waals surface area contributed by atoms with Crippen molar-refractivity contribution in [1.82, 2.24) is 4.57 Å². The molecule has 8 aromatic carbocycles. The van der Waals surface area contributed by atoms with E-state index in [0.717, 1.165) is 106 Å². The van der Waals surface area contributed by atoms with Crippen LogP contribution in [0.15, 0.2) is 168 Å². The summed E-state index contributed by atoms with van der Waals surface area (Å²) in [4.78, 5) is 4.68. The maximum atomic E-state index is 7.43. The Morgan fingerprint density at radius 2 is 0.968 bits per heavy atom. The number of hydrogen-bond acceptors (Lipinski definition) is 5. The highest BCUT2D eigenvalue weighted by molar-refractivity contribution is 6.98. The minimum absolute atomic E-state index is 0.333. The zero-order valence-electron chi connectivity index (χ0n) is 35.2. The average Bonchev–Trinajstić information content (AvgIpc) is 3.81. The molecule has 0 fully saturated rings. The molecule has 0 radical (unpaired) electrons. The number of hydrogen-bond donors (Lipinski definition) is 0. The van der Waals surface area contributed by atoms with Crippen LogP contribution in [0.1, 0.15) is 22.3 Å². The van der Waals surface area contributed by atoms with Crippen molar-refractivity contribution < 1.29 is 13.9 Å². The van der Waals surface area contributed by atoms with Gasteiger partial charge < -0.3 is 28.3 Å². The van der Waals surface area contributed by atoms with E-state index >= 15 is 0 Å². The van der Waals surface area contributed by atoms with Crippen LogP contribution in [0.2, 0.25) is 0 Å². The molecular formula is C55H42BN3O3. The predicted molar refractivity (Wildman–Crippen MR) is 256 cm³/mol. The number of benzene rings is 8. The molecule has 2 aliphatic rings. The van der Waals surface area contributed by atoms with Gasteiger partial charge in [0.05, 0.1) is 22.3 Å². The van der Waals surface area contributed by atoms with Crippen LogP contribution in [0.4, 0.5) is 34.1 Å². The zero-order valence-corrected chi connectivity index (χ0v) is 35.2. The van der Waals surface area contributed by atoms with Crippen LogP contribution >= 0.6 is 0 Å². The maximum absolute atomic E-state index is 7.43. The second-order valence-electron chi connectivity index (χ2n) is 16.9. The summed E-state index contributed by atoms with van der Waals surface area (Å²) in [5.74, 6) is 3.02. The van der Waals surface area contributed by atoms with Crippen molar-refractivity contribution in [3.8, 4) is 23.0 Å². The lowest BCUT2D eigenvalue weighted by Gasteiger charge is -2.35. The van der Waals surface area contributed by atoms with E-state index in [-0.39, 0.29) is 6.71 Å². The second kappa shape index (κ2) is 13.7. The highest BCUT2D eigenvalue weighted by atomic mass is 16.5. The van der Waals surface area contributed by atoms with Crippen LogP contribution < -0.4 is 35.9 Å². The fourth-order valence-electron chi connectivity index (χ4n) is 9.64. The Morgan fingerprint density at radius 1 is 0.484 bits per heavy atom. The molecule has 0 bridgehead atoms. The quantitative estimate of drug-likeness (QED) is 0.157. The van der Waals surface area contributed by atoms with Gasteiger partial charge in [0.1, 0.15) is 28.5 Å². The Bertz CT molecular complexity index is 3310. The number of nitrogens with zero attached hydrogens (tertiary/aromatic N) is 3. The molecule has 0 amide bonds. The summed E-state index contributed by atoms with van der Waals surface area (Å²) < 4.78 is 23.7. The van der Waals surface area contributed by atoms with Crippen LogP contribution in [0, 0.1) is 27.7 Å². The van der Waals surface area contributed by atoms with E-state index in [1.807, 2.05) is 18.2 Å². The number of para-hydroxylation sites is 2. The van der Waals surface area contributed by atoms with Crippen LogP contribution in [0.25, 0.3) is 32.8 Å². The van der Waals surface area contributed by atoms with Crippen molar-refractivity contribution in [2.24, 2.45) is 7.05 Å². The second-order valence-corrected chi connectivity index (χ2v) is 16.9. The van der Waals surface area contributed by atoms with Crippen molar-refractivity contribution >= 4 is 90.2 Å². The summed E-state index contributed by atoms with van der Waals surface area (Å²) in [5, 5.41) is 3.20. The summed E-state index contributed by atoms with van der Waals surface area (Å²) in [7, 11) is 2.16. The molecule has 12 rings (SSSR count). The van der Waals surface area contributed by atoms with E-state index in [2.05, 4.69) is 195 Å². The van der Waals surface area contributed by atoms with Gasteiger partial charge in [-0.1, -0.05) is 101 Å². The van der Waals surface area contributed by atoms with Gasteiger partial charge in [0.2, 0.25) is 0 Å². The highest BCUT2D eigenvalue weighted by Crippen LogP contribution is 2.50. The van der Waals surface area contributed by atoms with E-state index in [0.29, 0.717) is 0 Å². The third-order valence-corrected chi connectivity index (χ3v) is 12.8. The van der Waals surface area contributed by atoms with E-state index in [1.54, 1.807) is 0 Å². The fourth-order valence-corrected chi connectivity index (χ4v) is 9.64. The Hall–Kier alpha value is -7.64. The summed E-state index contributed by atoms with van der Waals surface area (Å²) in [6.45, 7) is 8.18. The summed E-state index contributed by atoms with van der Waals surface area (Å²) in [5.41, 5.74) is 16.7. The molecule has 2 aromatic heterocycles. The maximum Gasteiger partial charge on any atom is 0.305 e. The topological polar surface area (TPSA) is 43.0 Å². The van der Waals surface area contributed by atoms with Crippen molar-refractivity contribution in [1.29, 1.82) is 0 Å². The molecule has 62 heavy (non-hydrogen) atoms. The number of aromatic nitrogens is 1. The number of rotatable bonds is 6. The molecule has 0 atom stereocenters. The van der Waals surface area contributed by atoms with Gasteiger partial charge in [-0.2, -0.15) is 0 Å². The highest BCUT2D eigenvalue weighted by Gasteiger charge is 2.46. The van der Waals surface area contributed by atoms with Crippen molar-refractivity contribution in [3.05, 3.63) is 186 Å². The molecule has 0 spiro atoms. The number of fused-ring (bicyclic) bond motifs is 10. The van der Waals surface area contributed by atoms with Crippen molar-refractivity contribution in [3.63, 3.8) is 0 Å². The third-order valence-electron chi connectivity index (χ3n) is 12.8. The molecule has 10 aromatic rings. The van der Waals surface area contributed by atoms with Crippen LogP contribution in [-0.4, -0.2) is 11.3 Å². The van der Waals surface area contributed by atoms with E-state index in [9.17, 15) is 0 Å². The van der Waals surface area contributed by atoms with Gasteiger partial charge >= 0.3 is 6.71 Å². The number of aryl methyl sites for hydroxylation is 5. The molecule has 0 N–H and O–H groups in total. The molecule has 0 unspecified atom stereocenters. The predicted octanol–water partition coefficient (Wildman–Crippen LogP) is 13.0. The fraction of sp³-hybridized carbons (Fsp3) is 0.0909. The molecule has 298 valence electrons. The summed E-state index contributed by atoms with van der Waals surface area (Å²) >= 11 is 0. The first-order chi connectivity index (χ1) is 30.3. The normalized spacial score (nSPS) is 12.5. The lowest BCUT2D eigenvalue weighted by molar-refractivity contribution is 0.462. The Kier molecular flexibility index (Phi) is 8.00. The van der Waals surface area contributed by atoms with E-state index in [1.165, 1.54) is 22.3 Å². The van der Waals surface area contributed by atoms with Crippen molar-refractivity contribution in [2.45, 2.75) is 27.7 Å². The van der Waals surface area contributed by atoms with E-state index < -0.39 is 0 Å². The van der Waals surface area contributed by atoms with Gasteiger partial charge in [0.25, 0.3) is 0 Å². The summed E-state index contributed by atoms with van der Waals surface area (Å²) in [6, 6.07) is 58.5. The van der Waals surface area contributed by atoms with Gasteiger partial charge in [-0.05, 0) is 106 Å². The third kappa shape index (κ3) is 5.51. The first kappa shape index (κ1) is 36.2. The molecular weight excluding hydrogens is 761 g/mol. The minimum atomic E-state index is -0.333. The first-order valence-electron chi connectivity index (χ1n) is 21.2. The Morgan fingerprint density at radius 3 is 1.53 bits per heavy atom. The molecule has 6 nitrogen and oxygen atoms in total. The Balaban J connectivity index is 1.17. The average molecular weight is 804 g/mol. The van der Waals surface area contributed by atoms with Gasteiger partial charge in [0, 0.05) is 63.7 Å². The molecule has 0 aliphatic carbocycles. The number of furan rings is 1. The molecule has 7 heteroatoms. The van der Waals surface area contributed by atoms with Crippen LogP contribution in [-0.2, 0) is 7.05 Å². The number of anilines is 6. The van der Waals surface area contributed by atoms with Crippen LogP contribution in [0.3, 0.4) is 0 Å². The lowest BCUT2D eigenvalue weighted by Crippen LogP contribution is -2.57. The van der Waals surface area contributed by atoms with Gasteiger partial charge in [-0.15, -0.1) is 0 Å². The smallest absolute Gasteiger partial charge is 0.305 e. The molecule has 0 saturated heterocycles. The molecule has 0 saturated carbocycles. The van der Waals surface area contributed by atoms with Gasteiger partial charge in [-0.3, -0.25) is 0 Å². The van der Waals surface area contributed by atoms with Crippen LogP contribution in [0.5, 0.6) is 23.0 Å². The van der Waals surface area contributed by atoms with Gasteiger partial charge in [-0.25, -0.2) is 0 Å². The molecule has 4 heterocycles. The SMILES string of the molecule is Cc1ccc(N(c2ccc(C)cc2)c2cc3c4c(c2)Oc2c(cc(N(c5ccc(C)cc5)c5ccc(C)cc5)c5c6ccccc6n(C)c25)B4c2oc4ccccc4c2O3)cc1. The van der Waals surface area contributed by atoms with Crippen molar-refractivity contribution in [2.75, 3.05) is 9.80 Å². The zero-order chi connectivity index (χ0) is 41.8. The minimum Gasteiger partial charge on any atom is -0.466 e. The lowest BCUT2D eigenvalue weighted by atomic mass is 9.37. The molecule has 2 aliphatic heterocycles. The Labute approximate surface area is 360 Å². The monoisotopic (exact) mass is 803 g/mol. The van der Waals surface area contributed by atoms with Gasteiger partial charge in [0.15, 0.2) is 5.75 Å². The summed E-state index contributed by atoms with van der Waals surface area (Å²) in [6.07, 6.45) is 0. The first-order valence-corrected chi connectivity index (χ1v) is 21.2.